The van der Waals surface area contributed by atoms with Crippen LogP contribution >= 0.6 is 0 Å². The molecular formula is C15H22N4. The van der Waals surface area contributed by atoms with E-state index in [4.69, 9.17) is 5.73 Å². The Morgan fingerprint density at radius 1 is 1.26 bits per heavy atom. The third-order valence-corrected chi connectivity index (χ3v) is 3.35. The molecule has 0 aliphatic rings. The van der Waals surface area contributed by atoms with Crippen molar-refractivity contribution in [2.45, 2.75) is 26.7 Å². The van der Waals surface area contributed by atoms with Crippen molar-refractivity contribution in [3.63, 3.8) is 0 Å². The summed E-state index contributed by atoms with van der Waals surface area (Å²) in [5.41, 5.74) is 10.4. The van der Waals surface area contributed by atoms with E-state index in [0.29, 0.717) is 0 Å². The Balaban J connectivity index is 2.38. The molecule has 0 radical (unpaired) electrons. The molecule has 1 aromatic heterocycles. The standard InChI is InChI=1S/C15H22N4/c1-5-6-13-14(16)15(19(4)17-13)18(3)12-9-7-11(2)8-10-12/h7-10H,5-6,16H2,1-4H3. The molecule has 2 aromatic rings. The maximum atomic E-state index is 6.23. The first-order valence-corrected chi connectivity index (χ1v) is 6.66. The van der Waals surface area contributed by atoms with Gasteiger partial charge in [0.2, 0.25) is 0 Å². The number of nitrogen functional groups attached to an aromatic ring is 1. The van der Waals surface area contributed by atoms with Crippen molar-refractivity contribution in [2.75, 3.05) is 17.7 Å². The van der Waals surface area contributed by atoms with Gasteiger partial charge in [-0.2, -0.15) is 5.10 Å². The molecule has 0 aliphatic heterocycles. The van der Waals surface area contributed by atoms with E-state index in [1.165, 1.54) is 5.56 Å². The van der Waals surface area contributed by atoms with Gasteiger partial charge in [-0.25, -0.2) is 0 Å². The van der Waals surface area contributed by atoms with Crippen LogP contribution in [-0.4, -0.2) is 16.8 Å². The number of nitrogens with two attached hydrogens (primary N) is 1. The van der Waals surface area contributed by atoms with E-state index in [2.05, 4.69) is 48.1 Å². The maximum absolute atomic E-state index is 6.23. The summed E-state index contributed by atoms with van der Waals surface area (Å²) in [7, 11) is 3.96. The molecule has 0 bridgehead atoms. The van der Waals surface area contributed by atoms with Gasteiger partial charge in [0.25, 0.3) is 0 Å². The molecule has 0 aliphatic carbocycles. The topological polar surface area (TPSA) is 47.1 Å². The van der Waals surface area contributed by atoms with E-state index in [0.717, 1.165) is 35.7 Å². The molecule has 0 amide bonds. The Labute approximate surface area is 114 Å². The fourth-order valence-electron chi connectivity index (χ4n) is 2.30. The first-order chi connectivity index (χ1) is 9.04. The van der Waals surface area contributed by atoms with E-state index in [1.54, 1.807) is 0 Å². The van der Waals surface area contributed by atoms with Crippen LogP contribution in [-0.2, 0) is 13.5 Å². The van der Waals surface area contributed by atoms with Crippen molar-refractivity contribution in [3.05, 3.63) is 35.5 Å². The summed E-state index contributed by atoms with van der Waals surface area (Å²) >= 11 is 0. The highest BCUT2D eigenvalue weighted by Gasteiger charge is 2.17. The zero-order chi connectivity index (χ0) is 14.0. The highest BCUT2D eigenvalue weighted by atomic mass is 15.4. The SMILES string of the molecule is CCCc1nn(C)c(N(C)c2ccc(C)cc2)c1N. The average molecular weight is 258 g/mol. The van der Waals surface area contributed by atoms with Gasteiger partial charge in [0.15, 0.2) is 5.82 Å². The lowest BCUT2D eigenvalue weighted by Crippen LogP contribution is -2.15. The Morgan fingerprint density at radius 2 is 1.89 bits per heavy atom. The van der Waals surface area contributed by atoms with Crippen LogP contribution in [0.3, 0.4) is 0 Å². The summed E-state index contributed by atoms with van der Waals surface area (Å²) in [5, 5.41) is 4.51. The molecule has 0 saturated carbocycles. The molecule has 4 nitrogen and oxygen atoms in total. The molecule has 0 spiro atoms. The molecule has 19 heavy (non-hydrogen) atoms. The minimum Gasteiger partial charge on any atom is -0.394 e. The quantitative estimate of drug-likeness (QED) is 0.917. The molecule has 102 valence electrons. The fourth-order valence-corrected chi connectivity index (χ4v) is 2.30. The molecule has 0 unspecified atom stereocenters. The highest BCUT2D eigenvalue weighted by molar-refractivity contribution is 5.73. The van der Waals surface area contributed by atoms with Crippen molar-refractivity contribution in [3.8, 4) is 0 Å². The van der Waals surface area contributed by atoms with Gasteiger partial charge in [0, 0.05) is 19.8 Å². The summed E-state index contributed by atoms with van der Waals surface area (Å²) in [6, 6.07) is 8.40. The van der Waals surface area contributed by atoms with Crippen LogP contribution < -0.4 is 10.6 Å². The number of nitrogens with zero attached hydrogens (tertiary/aromatic N) is 3. The van der Waals surface area contributed by atoms with Gasteiger partial charge >= 0.3 is 0 Å². The molecule has 1 aromatic carbocycles. The molecule has 1 heterocycles. The fraction of sp³-hybridized carbons (Fsp3) is 0.400. The first kappa shape index (κ1) is 13.5. The number of anilines is 3. The molecule has 2 rings (SSSR count). The van der Waals surface area contributed by atoms with Crippen molar-refractivity contribution >= 4 is 17.2 Å². The van der Waals surface area contributed by atoms with Crippen LogP contribution in [0.15, 0.2) is 24.3 Å². The molecule has 2 N–H and O–H groups in total. The lowest BCUT2D eigenvalue weighted by atomic mass is 10.2. The third kappa shape index (κ3) is 2.57. The Kier molecular flexibility index (Phi) is 3.79. The van der Waals surface area contributed by atoms with Gasteiger partial charge in [0.05, 0.1) is 11.4 Å². The molecule has 0 fully saturated rings. The molecular weight excluding hydrogens is 236 g/mol. The van der Waals surface area contributed by atoms with Gasteiger partial charge in [-0.3, -0.25) is 4.68 Å². The Morgan fingerprint density at radius 3 is 2.47 bits per heavy atom. The van der Waals surface area contributed by atoms with Crippen LogP contribution in [0.25, 0.3) is 0 Å². The number of aryl methyl sites for hydroxylation is 3. The first-order valence-electron chi connectivity index (χ1n) is 6.66. The predicted molar refractivity (Wildman–Crippen MR) is 80.9 cm³/mol. The number of rotatable bonds is 4. The highest BCUT2D eigenvalue weighted by Crippen LogP contribution is 2.31. The summed E-state index contributed by atoms with van der Waals surface area (Å²) in [4.78, 5) is 2.08. The van der Waals surface area contributed by atoms with E-state index in [1.807, 2.05) is 18.8 Å². The number of hydrogen-bond donors (Lipinski definition) is 1. The third-order valence-electron chi connectivity index (χ3n) is 3.35. The minimum atomic E-state index is 0.785. The van der Waals surface area contributed by atoms with Gasteiger partial charge in [-0.05, 0) is 25.5 Å². The number of aromatic nitrogens is 2. The zero-order valence-corrected chi connectivity index (χ0v) is 12.1. The number of hydrogen-bond acceptors (Lipinski definition) is 3. The lowest BCUT2D eigenvalue weighted by molar-refractivity contribution is 0.730. The summed E-state index contributed by atoms with van der Waals surface area (Å²) < 4.78 is 1.86. The second-order valence-electron chi connectivity index (χ2n) is 4.95. The zero-order valence-electron chi connectivity index (χ0n) is 12.1. The monoisotopic (exact) mass is 258 g/mol. The Bertz CT molecular complexity index is 554. The second kappa shape index (κ2) is 5.34. The van der Waals surface area contributed by atoms with E-state index >= 15 is 0 Å². The molecule has 4 heteroatoms. The second-order valence-corrected chi connectivity index (χ2v) is 4.95. The van der Waals surface area contributed by atoms with Crippen molar-refractivity contribution in [2.24, 2.45) is 7.05 Å². The molecule has 0 atom stereocenters. The van der Waals surface area contributed by atoms with Crippen LogP contribution in [0, 0.1) is 6.92 Å². The van der Waals surface area contributed by atoms with Crippen LogP contribution in [0.5, 0.6) is 0 Å². The van der Waals surface area contributed by atoms with Crippen molar-refractivity contribution < 1.29 is 0 Å². The van der Waals surface area contributed by atoms with Gasteiger partial charge < -0.3 is 10.6 Å². The minimum absolute atomic E-state index is 0.785. The van der Waals surface area contributed by atoms with Crippen molar-refractivity contribution in [1.29, 1.82) is 0 Å². The van der Waals surface area contributed by atoms with E-state index in [-0.39, 0.29) is 0 Å². The normalized spacial score (nSPS) is 10.7. The van der Waals surface area contributed by atoms with Crippen LogP contribution in [0.1, 0.15) is 24.6 Å². The summed E-state index contributed by atoms with van der Waals surface area (Å²) in [6.07, 6.45) is 1.97. The van der Waals surface area contributed by atoms with Crippen LogP contribution in [0.4, 0.5) is 17.2 Å². The van der Waals surface area contributed by atoms with Gasteiger partial charge in [0.1, 0.15) is 0 Å². The maximum Gasteiger partial charge on any atom is 0.154 e. The largest absolute Gasteiger partial charge is 0.394 e. The summed E-state index contributed by atoms with van der Waals surface area (Å²) in [5.74, 6) is 0.951. The van der Waals surface area contributed by atoms with Gasteiger partial charge in [-0.1, -0.05) is 31.0 Å². The van der Waals surface area contributed by atoms with Crippen molar-refractivity contribution in [1.82, 2.24) is 9.78 Å². The number of benzene rings is 1. The van der Waals surface area contributed by atoms with E-state index in [9.17, 15) is 0 Å². The predicted octanol–water partition coefficient (Wildman–Crippen LogP) is 3.03. The van der Waals surface area contributed by atoms with Crippen LogP contribution in [0.2, 0.25) is 0 Å². The summed E-state index contributed by atoms with van der Waals surface area (Å²) in [6.45, 7) is 4.22. The lowest BCUT2D eigenvalue weighted by Gasteiger charge is -2.20. The molecule has 0 saturated heterocycles. The smallest absolute Gasteiger partial charge is 0.154 e. The van der Waals surface area contributed by atoms with E-state index < -0.39 is 0 Å². The average Bonchev–Trinajstić information content (AvgIpc) is 2.65. The van der Waals surface area contributed by atoms with Gasteiger partial charge in [-0.15, -0.1) is 0 Å². The Hall–Kier alpha value is -1.97.